The highest BCUT2D eigenvalue weighted by atomic mass is 32.2. The Labute approximate surface area is 176 Å². The summed E-state index contributed by atoms with van der Waals surface area (Å²) in [6.07, 6.45) is 3.64. The molecule has 1 aliphatic rings. The van der Waals surface area contributed by atoms with E-state index in [0.29, 0.717) is 12.3 Å². The fourth-order valence-electron chi connectivity index (χ4n) is 3.66. The molecule has 1 amide bonds. The number of furan rings is 1. The first-order valence-corrected chi connectivity index (χ1v) is 11.1. The highest BCUT2D eigenvalue weighted by Crippen LogP contribution is 2.25. The third-order valence-corrected chi connectivity index (χ3v) is 6.30. The van der Waals surface area contributed by atoms with Gasteiger partial charge in [-0.1, -0.05) is 42.5 Å². The van der Waals surface area contributed by atoms with Crippen LogP contribution in [0.1, 0.15) is 33.7 Å². The van der Waals surface area contributed by atoms with Crippen LogP contribution >= 0.6 is 11.8 Å². The number of hydrogen-bond acceptors (Lipinski definition) is 4. The Hall–Kier alpha value is -2.50. The number of nitrogens with one attached hydrogen (secondary N) is 1. The minimum Gasteiger partial charge on any atom is -0.459 e. The van der Waals surface area contributed by atoms with E-state index in [4.69, 9.17) is 4.42 Å². The minimum atomic E-state index is -0.123. The van der Waals surface area contributed by atoms with Gasteiger partial charge in [-0.25, -0.2) is 0 Å². The van der Waals surface area contributed by atoms with Crippen molar-refractivity contribution in [3.8, 4) is 0 Å². The SMILES string of the molecule is O=C(NCCCN1CCc2ccccc2C1)c1occc1CSc1ccccc1. The molecule has 4 rings (SSSR count). The molecule has 0 atom stereocenters. The van der Waals surface area contributed by atoms with Crippen molar-refractivity contribution in [3.05, 3.63) is 89.4 Å². The molecule has 0 radical (unpaired) electrons. The summed E-state index contributed by atoms with van der Waals surface area (Å²) in [6.45, 7) is 3.74. The van der Waals surface area contributed by atoms with Gasteiger partial charge in [-0.2, -0.15) is 0 Å². The molecule has 2 heterocycles. The van der Waals surface area contributed by atoms with E-state index in [0.717, 1.165) is 43.8 Å². The van der Waals surface area contributed by atoms with Crippen LogP contribution in [0.4, 0.5) is 0 Å². The number of amides is 1. The number of carbonyl (C=O) groups is 1. The first kappa shape index (κ1) is 19.8. The molecule has 150 valence electrons. The van der Waals surface area contributed by atoms with Crippen LogP contribution in [-0.4, -0.2) is 30.4 Å². The predicted octanol–water partition coefficient (Wildman–Crippen LogP) is 4.75. The first-order valence-electron chi connectivity index (χ1n) is 10.1. The van der Waals surface area contributed by atoms with Gasteiger partial charge in [0, 0.05) is 42.4 Å². The average molecular weight is 407 g/mol. The molecule has 0 unspecified atom stereocenters. The van der Waals surface area contributed by atoms with Crippen LogP contribution < -0.4 is 5.32 Å². The predicted molar refractivity (Wildman–Crippen MR) is 117 cm³/mol. The Morgan fingerprint density at radius 3 is 2.69 bits per heavy atom. The van der Waals surface area contributed by atoms with Crippen molar-refractivity contribution in [1.29, 1.82) is 0 Å². The molecule has 4 nitrogen and oxygen atoms in total. The average Bonchev–Trinajstić information content (AvgIpc) is 3.24. The van der Waals surface area contributed by atoms with Crippen LogP contribution in [0.25, 0.3) is 0 Å². The highest BCUT2D eigenvalue weighted by molar-refractivity contribution is 7.98. The van der Waals surface area contributed by atoms with E-state index in [1.54, 1.807) is 18.0 Å². The first-order chi connectivity index (χ1) is 14.3. The lowest BCUT2D eigenvalue weighted by atomic mass is 10.00. The van der Waals surface area contributed by atoms with Gasteiger partial charge in [-0.05, 0) is 42.2 Å². The van der Waals surface area contributed by atoms with Crippen molar-refractivity contribution < 1.29 is 9.21 Å². The van der Waals surface area contributed by atoms with Crippen LogP contribution in [-0.2, 0) is 18.7 Å². The van der Waals surface area contributed by atoms with E-state index in [9.17, 15) is 4.79 Å². The summed E-state index contributed by atoms with van der Waals surface area (Å²) in [5.41, 5.74) is 3.83. The van der Waals surface area contributed by atoms with Gasteiger partial charge in [0.05, 0.1) is 6.26 Å². The van der Waals surface area contributed by atoms with E-state index >= 15 is 0 Å². The van der Waals surface area contributed by atoms with Crippen LogP contribution in [0.3, 0.4) is 0 Å². The van der Waals surface area contributed by atoms with Crippen molar-refractivity contribution in [3.63, 3.8) is 0 Å². The fourth-order valence-corrected chi connectivity index (χ4v) is 4.56. The Kier molecular flexibility index (Phi) is 6.70. The zero-order chi connectivity index (χ0) is 19.9. The van der Waals surface area contributed by atoms with Crippen molar-refractivity contribution in [2.75, 3.05) is 19.6 Å². The molecule has 2 aromatic carbocycles. The largest absolute Gasteiger partial charge is 0.459 e. The summed E-state index contributed by atoms with van der Waals surface area (Å²) in [5, 5.41) is 3.01. The molecule has 1 aliphatic heterocycles. The number of benzene rings is 2. The molecule has 0 bridgehead atoms. The molecule has 0 spiro atoms. The molecular weight excluding hydrogens is 380 g/mol. The van der Waals surface area contributed by atoms with Crippen LogP contribution in [0.15, 0.2) is 76.2 Å². The summed E-state index contributed by atoms with van der Waals surface area (Å²) in [4.78, 5) is 16.2. The molecule has 1 N–H and O–H groups in total. The number of rotatable bonds is 8. The molecule has 0 fully saturated rings. The molecule has 0 saturated heterocycles. The second-order valence-electron chi connectivity index (χ2n) is 7.28. The maximum absolute atomic E-state index is 12.5. The summed E-state index contributed by atoms with van der Waals surface area (Å²) < 4.78 is 5.47. The lowest BCUT2D eigenvalue weighted by Crippen LogP contribution is -2.33. The summed E-state index contributed by atoms with van der Waals surface area (Å²) in [6, 6.07) is 20.7. The number of hydrogen-bond donors (Lipinski definition) is 1. The number of nitrogens with zero attached hydrogens (tertiary/aromatic N) is 1. The van der Waals surface area contributed by atoms with Gasteiger partial charge in [0.2, 0.25) is 0 Å². The van der Waals surface area contributed by atoms with Crippen molar-refractivity contribution >= 4 is 17.7 Å². The van der Waals surface area contributed by atoms with E-state index in [1.807, 2.05) is 24.3 Å². The lowest BCUT2D eigenvalue weighted by Gasteiger charge is -2.28. The van der Waals surface area contributed by atoms with Gasteiger partial charge in [0.15, 0.2) is 5.76 Å². The van der Waals surface area contributed by atoms with Crippen LogP contribution in [0, 0.1) is 0 Å². The van der Waals surface area contributed by atoms with E-state index < -0.39 is 0 Å². The van der Waals surface area contributed by atoms with Gasteiger partial charge < -0.3 is 9.73 Å². The Morgan fingerprint density at radius 2 is 1.83 bits per heavy atom. The molecule has 3 aromatic rings. The van der Waals surface area contributed by atoms with Crippen molar-refractivity contribution in [2.45, 2.75) is 30.0 Å². The number of carbonyl (C=O) groups excluding carboxylic acids is 1. The molecule has 0 aliphatic carbocycles. The van der Waals surface area contributed by atoms with Gasteiger partial charge in [0.25, 0.3) is 5.91 Å². The standard InChI is InChI=1S/C24H26N2O2S/c27-24(23-21(12-16-28-23)18-29-22-9-2-1-3-10-22)25-13-6-14-26-15-11-19-7-4-5-8-20(19)17-26/h1-5,7-10,12,16H,6,11,13-15,17-18H2,(H,25,27). The monoisotopic (exact) mass is 406 g/mol. The van der Waals surface area contributed by atoms with Gasteiger partial charge in [-0.15, -0.1) is 11.8 Å². The van der Waals surface area contributed by atoms with E-state index in [1.165, 1.54) is 16.0 Å². The van der Waals surface area contributed by atoms with E-state index in [-0.39, 0.29) is 5.91 Å². The van der Waals surface area contributed by atoms with Crippen molar-refractivity contribution in [2.24, 2.45) is 0 Å². The van der Waals surface area contributed by atoms with E-state index in [2.05, 4.69) is 46.6 Å². The Bertz CT molecular complexity index is 939. The molecule has 1 aromatic heterocycles. The second kappa shape index (κ2) is 9.81. The van der Waals surface area contributed by atoms with Crippen LogP contribution in [0.2, 0.25) is 0 Å². The topological polar surface area (TPSA) is 45.5 Å². The van der Waals surface area contributed by atoms with Gasteiger partial charge >= 0.3 is 0 Å². The molecule has 5 heteroatoms. The third-order valence-electron chi connectivity index (χ3n) is 5.24. The summed E-state index contributed by atoms with van der Waals surface area (Å²) >= 11 is 1.70. The normalized spacial score (nSPS) is 13.8. The number of thioether (sulfide) groups is 1. The molecular formula is C24H26N2O2S. The van der Waals surface area contributed by atoms with Crippen molar-refractivity contribution in [1.82, 2.24) is 10.2 Å². The maximum atomic E-state index is 12.5. The minimum absolute atomic E-state index is 0.123. The van der Waals surface area contributed by atoms with Crippen LogP contribution in [0.5, 0.6) is 0 Å². The van der Waals surface area contributed by atoms with Gasteiger partial charge in [-0.3, -0.25) is 9.69 Å². The third kappa shape index (κ3) is 5.31. The number of fused-ring (bicyclic) bond motifs is 1. The van der Waals surface area contributed by atoms with Gasteiger partial charge in [0.1, 0.15) is 0 Å². The molecule has 0 saturated carbocycles. The zero-order valence-corrected chi connectivity index (χ0v) is 17.3. The Morgan fingerprint density at radius 1 is 1.03 bits per heavy atom. The second-order valence-corrected chi connectivity index (χ2v) is 8.33. The smallest absolute Gasteiger partial charge is 0.287 e. The maximum Gasteiger partial charge on any atom is 0.287 e. The zero-order valence-electron chi connectivity index (χ0n) is 16.5. The fraction of sp³-hybridized carbons (Fsp3) is 0.292. The highest BCUT2D eigenvalue weighted by Gasteiger charge is 2.17. The quantitative estimate of drug-likeness (QED) is 0.433. The lowest BCUT2D eigenvalue weighted by molar-refractivity contribution is 0.0922. The summed E-state index contributed by atoms with van der Waals surface area (Å²) in [7, 11) is 0. The summed E-state index contributed by atoms with van der Waals surface area (Å²) in [5.74, 6) is 1.03. The Balaban J connectivity index is 1.21. The molecule has 29 heavy (non-hydrogen) atoms.